The Labute approximate surface area is 127 Å². The molecule has 2 aromatic rings. The van der Waals surface area contributed by atoms with Crippen molar-refractivity contribution in [1.29, 1.82) is 0 Å². The van der Waals surface area contributed by atoms with Crippen molar-refractivity contribution in [2.75, 3.05) is 17.2 Å². The van der Waals surface area contributed by atoms with Crippen LogP contribution in [-0.2, 0) is 5.75 Å². The fourth-order valence-electron chi connectivity index (χ4n) is 1.80. The Bertz CT molecular complexity index is 622. The Morgan fingerprint density at radius 3 is 2.76 bits per heavy atom. The zero-order chi connectivity index (χ0) is 15.2. The Kier molecular flexibility index (Phi) is 4.99. The second-order valence-electron chi connectivity index (χ2n) is 4.19. The SMILES string of the molecule is CCN(C(=O)O)c1ccc(SCc2ccccn2)nc1N. The van der Waals surface area contributed by atoms with Crippen LogP contribution in [0.25, 0.3) is 0 Å². The van der Waals surface area contributed by atoms with Gasteiger partial charge in [-0.1, -0.05) is 17.8 Å². The van der Waals surface area contributed by atoms with E-state index in [-0.39, 0.29) is 5.82 Å². The van der Waals surface area contributed by atoms with Gasteiger partial charge in [0.25, 0.3) is 0 Å². The van der Waals surface area contributed by atoms with Gasteiger partial charge in [-0.05, 0) is 31.2 Å². The normalized spacial score (nSPS) is 10.3. The minimum atomic E-state index is -1.04. The van der Waals surface area contributed by atoms with Gasteiger partial charge in [0, 0.05) is 18.5 Å². The van der Waals surface area contributed by atoms with Gasteiger partial charge in [0.1, 0.15) is 5.82 Å². The predicted molar refractivity (Wildman–Crippen MR) is 83.5 cm³/mol. The first-order valence-electron chi connectivity index (χ1n) is 6.41. The third-order valence-corrected chi connectivity index (χ3v) is 3.77. The van der Waals surface area contributed by atoms with Crippen LogP contribution >= 0.6 is 11.8 Å². The van der Waals surface area contributed by atoms with E-state index < -0.39 is 6.09 Å². The van der Waals surface area contributed by atoms with Gasteiger partial charge in [-0.3, -0.25) is 9.88 Å². The van der Waals surface area contributed by atoms with Crippen LogP contribution in [0.2, 0.25) is 0 Å². The monoisotopic (exact) mass is 304 g/mol. The van der Waals surface area contributed by atoms with Gasteiger partial charge in [-0.15, -0.1) is 0 Å². The van der Waals surface area contributed by atoms with Crippen molar-refractivity contribution in [2.45, 2.75) is 17.7 Å². The van der Waals surface area contributed by atoms with Gasteiger partial charge >= 0.3 is 6.09 Å². The van der Waals surface area contributed by atoms with Crippen LogP contribution in [0, 0.1) is 0 Å². The van der Waals surface area contributed by atoms with Crippen LogP contribution in [0.5, 0.6) is 0 Å². The van der Waals surface area contributed by atoms with E-state index in [0.29, 0.717) is 18.0 Å². The molecule has 0 saturated heterocycles. The number of thioether (sulfide) groups is 1. The van der Waals surface area contributed by atoms with Gasteiger partial charge < -0.3 is 10.8 Å². The van der Waals surface area contributed by atoms with E-state index in [1.54, 1.807) is 25.3 Å². The number of pyridine rings is 2. The number of anilines is 2. The van der Waals surface area contributed by atoms with E-state index in [0.717, 1.165) is 15.6 Å². The zero-order valence-corrected chi connectivity index (χ0v) is 12.4. The smallest absolute Gasteiger partial charge is 0.411 e. The number of nitrogens with two attached hydrogens (primary N) is 1. The molecule has 2 heterocycles. The van der Waals surface area contributed by atoms with Crippen molar-refractivity contribution in [1.82, 2.24) is 9.97 Å². The van der Waals surface area contributed by atoms with Crippen molar-refractivity contribution in [2.24, 2.45) is 0 Å². The molecule has 21 heavy (non-hydrogen) atoms. The Balaban J connectivity index is 2.10. The summed E-state index contributed by atoms with van der Waals surface area (Å²) in [5.41, 5.74) is 7.22. The Morgan fingerprint density at radius 1 is 1.38 bits per heavy atom. The van der Waals surface area contributed by atoms with Crippen LogP contribution in [-0.4, -0.2) is 27.7 Å². The topological polar surface area (TPSA) is 92.3 Å². The van der Waals surface area contributed by atoms with E-state index in [1.807, 2.05) is 18.2 Å². The van der Waals surface area contributed by atoms with Gasteiger partial charge in [-0.2, -0.15) is 0 Å². The number of aromatic nitrogens is 2. The van der Waals surface area contributed by atoms with Crippen molar-refractivity contribution >= 4 is 29.4 Å². The average molecular weight is 304 g/mol. The molecule has 7 heteroatoms. The molecular formula is C14H16N4O2S. The molecule has 0 aliphatic heterocycles. The van der Waals surface area contributed by atoms with E-state index in [1.165, 1.54) is 11.8 Å². The first-order chi connectivity index (χ1) is 10.1. The second kappa shape index (κ2) is 6.94. The van der Waals surface area contributed by atoms with Gasteiger partial charge in [0.05, 0.1) is 16.4 Å². The standard InChI is InChI=1S/C14H16N4O2S/c1-2-18(14(19)20)11-6-7-12(17-13(11)15)21-9-10-5-3-4-8-16-10/h3-8H,2,9H2,1H3,(H2,15,17)(H,19,20). The lowest BCUT2D eigenvalue weighted by Crippen LogP contribution is -2.29. The molecule has 0 spiro atoms. The molecular weight excluding hydrogens is 288 g/mol. The number of nitrogen functional groups attached to an aromatic ring is 1. The molecule has 0 aromatic carbocycles. The summed E-state index contributed by atoms with van der Waals surface area (Å²) in [6.07, 6.45) is 0.701. The Hall–Kier alpha value is -2.28. The van der Waals surface area contributed by atoms with Gasteiger partial charge in [0.2, 0.25) is 0 Å². The molecule has 0 unspecified atom stereocenters. The molecule has 0 fully saturated rings. The number of carbonyl (C=O) groups is 1. The zero-order valence-electron chi connectivity index (χ0n) is 11.6. The lowest BCUT2D eigenvalue weighted by atomic mass is 10.3. The highest BCUT2D eigenvalue weighted by Crippen LogP contribution is 2.27. The lowest BCUT2D eigenvalue weighted by Gasteiger charge is -2.18. The summed E-state index contributed by atoms with van der Waals surface area (Å²) < 4.78 is 0. The second-order valence-corrected chi connectivity index (χ2v) is 5.19. The first kappa shape index (κ1) is 15.1. The summed E-state index contributed by atoms with van der Waals surface area (Å²) in [4.78, 5) is 20.8. The van der Waals surface area contributed by atoms with Crippen LogP contribution < -0.4 is 10.6 Å². The van der Waals surface area contributed by atoms with Crippen molar-refractivity contribution in [3.8, 4) is 0 Å². The summed E-state index contributed by atoms with van der Waals surface area (Å²) in [6, 6.07) is 9.18. The number of nitrogens with zero attached hydrogens (tertiary/aromatic N) is 3. The van der Waals surface area contributed by atoms with Crippen LogP contribution in [0.1, 0.15) is 12.6 Å². The van der Waals surface area contributed by atoms with Crippen molar-refractivity contribution in [3.05, 3.63) is 42.2 Å². The number of hydrogen-bond donors (Lipinski definition) is 2. The number of amides is 1. The van der Waals surface area contributed by atoms with Crippen molar-refractivity contribution < 1.29 is 9.90 Å². The first-order valence-corrected chi connectivity index (χ1v) is 7.40. The number of carboxylic acid groups (broad SMARTS) is 1. The fraction of sp³-hybridized carbons (Fsp3) is 0.214. The van der Waals surface area contributed by atoms with E-state index in [4.69, 9.17) is 10.8 Å². The maximum atomic E-state index is 11.1. The molecule has 110 valence electrons. The molecule has 2 rings (SSSR count). The van der Waals surface area contributed by atoms with Gasteiger partial charge in [0.15, 0.2) is 0 Å². The molecule has 0 aliphatic rings. The summed E-state index contributed by atoms with van der Waals surface area (Å²) in [5, 5.41) is 9.84. The lowest BCUT2D eigenvalue weighted by molar-refractivity contribution is 0.202. The Morgan fingerprint density at radius 2 is 2.19 bits per heavy atom. The van der Waals surface area contributed by atoms with E-state index >= 15 is 0 Å². The minimum Gasteiger partial charge on any atom is -0.465 e. The third-order valence-electron chi connectivity index (χ3n) is 2.81. The summed E-state index contributed by atoms with van der Waals surface area (Å²) >= 11 is 1.50. The minimum absolute atomic E-state index is 0.213. The quantitative estimate of drug-likeness (QED) is 0.825. The summed E-state index contributed by atoms with van der Waals surface area (Å²) in [6.45, 7) is 2.07. The maximum absolute atomic E-state index is 11.1. The predicted octanol–water partition coefficient (Wildman–Crippen LogP) is 2.86. The average Bonchev–Trinajstić information content (AvgIpc) is 2.48. The van der Waals surface area contributed by atoms with Crippen LogP contribution in [0.3, 0.4) is 0 Å². The molecule has 0 atom stereocenters. The molecule has 0 radical (unpaired) electrons. The molecule has 3 N–H and O–H groups in total. The summed E-state index contributed by atoms with van der Waals surface area (Å²) in [5.74, 6) is 0.897. The van der Waals surface area contributed by atoms with E-state index in [2.05, 4.69) is 9.97 Å². The number of rotatable bonds is 5. The fourth-order valence-corrected chi connectivity index (χ4v) is 2.59. The molecule has 0 saturated carbocycles. The molecule has 2 aromatic heterocycles. The van der Waals surface area contributed by atoms with Crippen molar-refractivity contribution in [3.63, 3.8) is 0 Å². The third kappa shape index (κ3) is 3.85. The largest absolute Gasteiger partial charge is 0.465 e. The van der Waals surface area contributed by atoms with Crippen LogP contribution in [0.15, 0.2) is 41.6 Å². The van der Waals surface area contributed by atoms with Gasteiger partial charge in [-0.25, -0.2) is 9.78 Å². The van der Waals surface area contributed by atoms with E-state index in [9.17, 15) is 4.79 Å². The molecule has 0 bridgehead atoms. The number of hydrogen-bond acceptors (Lipinski definition) is 5. The molecule has 6 nitrogen and oxygen atoms in total. The molecule has 0 aliphatic carbocycles. The highest BCUT2D eigenvalue weighted by atomic mass is 32.2. The van der Waals surface area contributed by atoms with Crippen LogP contribution in [0.4, 0.5) is 16.3 Å². The highest BCUT2D eigenvalue weighted by Gasteiger charge is 2.16. The molecule has 1 amide bonds. The summed E-state index contributed by atoms with van der Waals surface area (Å²) in [7, 11) is 0. The maximum Gasteiger partial charge on any atom is 0.411 e. The highest BCUT2D eigenvalue weighted by molar-refractivity contribution is 7.98.